The molecule has 0 atom stereocenters. The maximum atomic E-state index is 5.77. The summed E-state index contributed by atoms with van der Waals surface area (Å²) in [5.74, 6) is 2.30. The highest BCUT2D eigenvalue weighted by Crippen LogP contribution is 2.31. The number of imidazole rings is 1. The number of halogens is 2. The Morgan fingerprint density at radius 1 is 1.06 bits per heavy atom. The largest absolute Gasteiger partial charge is 0.453 e. The van der Waals surface area contributed by atoms with Crippen molar-refractivity contribution in [1.82, 2.24) is 9.97 Å². The predicted octanol–water partition coefficient (Wildman–Crippen LogP) is 4.52. The molecule has 1 N–H and O–H groups in total. The van der Waals surface area contributed by atoms with E-state index in [0.717, 1.165) is 27.4 Å². The molecule has 0 saturated carbocycles. The molecular formula is C13H10BrClN2O. The van der Waals surface area contributed by atoms with Crippen molar-refractivity contribution in [3.8, 4) is 22.9 Å². The lowest BCUT2D eigenvalue weighted by Gasteiger charge is -1.99. The van der Waals surface area contributed by atoms with Crippen LogP contribution in [0.15, 0.2) is 57.7 Å². The highest BCUT2D eigenvalue weighted by molar-refractivity contribution is 9.10. The second kappa shape index (κ2) is 5.42. The average Bonchev–Trinajstić information content (AvgIpc) is 3.00. The number of aromatic amines is 1. The molecule has 2 heterocycles. The number of furan rings is 1. The Labute approximate surface area is 119 Å². The van der Waals surface area contributed by atoms with Gasteiger partial charge in [0.15, 0.2) is 11.6 Å². The summed E-state index contributed by atoms with van der Waals surface area (Å²) in [6.45, 7) is 0. The van der Waals surface area contributed by atoms with Gasteiger partial charge in [-0.15, -0.1) is 12.4 Å². The van der Waals surface area contributed by atoms with E-state index in [2.05, 4.69) is 25.9 Å². The lowest BCUT2D eigenvalue weighted by Crippen LogP contribution is -1.76. The van der Waals surface area contributed by atoms with E-state index >= 15 is 0 Å². The van der Waals surface area contributed by atoms with Crippen LogP contribution in [0.5, 0.6) is 0 Å². The number of nitrogens with zero attached hydrogens (tertiary/aromatic N) is 1. The minimum atomic E-state index is 0. The minimum absolute atomic E-state index is 0. The Hall–Kier alpha value is -1.52. The number of aromatic nitrogens is 2. The van der Waals surface area contributed by atoms with Gasteiger partial charge in [0.25, 0.3) is 0 Å². The van der Waals surface area contributed by atoms with E-state index in [4.69, 9.17) is 4.42 Å². The van der Waals surface area contributed by atoms with E-state index in [0.29, 0.717) is 0 Å². The summed E-state index contributed by atoms with van der Waals surface area (Å²) in [6, 6.07) is 11.8. The number of nitrogens with one attached hydrogen (secondary N) is 1. The van der Waals surface area contributed by atoms with Crippen LogP contribution in [0.1, 0.15) is 0 Å². The van der Waals surface area contributed by atoms with Gasteiger partial charge in [-0.05, 0) is 18.2 Å². The normalized spacial score (nSPS) is 10.1. The van der Waals surface area contributed by atoms with Gasteiger partial charge in [0, 0.05) is 22.4 Å². The van der Waals surface area contributed by atoms with Gasteiger partial charge in [-0.25, -0.2) is 4.98 Å². The molecule has 1 aromatic carbocycles. The molecular weight excluding hydrogens is 316 g/mol. The van der Waals surface area contributed by atoms with E-state index in [1.165, 1.54) is 0 Å². The van der Waals surface area contributed by atoms with Crippen LogP contribution >= 0.6 is 28.3 Å². The summed E-state index contributed by atoms with van der Waals surface area (Å²) in [6.07, 6.45) is 3.48. The van der Waals surface area contributed by atoms with E-state index in [9.17, 15) is 0 Å². The van der Waals surface area contributed by atoms with Crippen LogP contribution in [-0.4, -0.2) is 9.97 Å². The molecule has 2 aromatic heterocycles. The lowest BCUT2D eigenvalue weighted by atomic mass is 10.2. The summed E-state index contributed by atoms with van der Waals surface area (Å²) < 4.78 is 6.79. The molecule has 3 rings (SSSR count). The topological polar surface area (TPSA) is 41.8 Å². The number of rotatable bonds is 2. The Morgan fingerprint density at radius 2 is 1.83 bits per heavy atom. The van der Waals surface area contributed by atoms with E-state index in [1.54, 1.807) is 12.4 Å². The van der Waals surface area contributed by atoms with Crippen LogP contribution in [0.4, 0.5) is 0 Å². The van der Waals surface area contributed by atoms with E-state index in [-0.39, 0.29) is 12.4 Å². The van der Waals surface area contributed by atoms with Crippen LogP contribution in [0.3, 0.4) is 0 Å². The minimum Gasteiger partial charge on any atom is -0.453 e. The first-order chi connectivity index (χ1) is 8.34. The third-order valence-electron chi connectivity index (χ3n) is 2.48. The molecule has 0 saturated heterocycles. The lowest BCUT2D eigenvalue weighted by molar-refractivity contribution is 0.592. The molecule has 0 aliphatic carbocycles. The summed E-state index contributed by atoms with van der Waals surface area (Å²) in [4.78, 5) is 7.17. The number of benzene rings is 1. The van der Waals surface area contributed by atoms with Gasteiger partial charge in [0.2, 0.25) is 0 Å². The molecule has 5 heteroatoms. The van der Waals surface area contributed by atoms with E-state index < -0.39 is 0 Å². The van der Waals surface area contributed by atoms with Crippen molar-refractivity contribution in [2.24, 2.45) is 0 Å². The average molecular weight is 326 g/mol. The van der Waals surface area contributed by atoms with E-state index in [1.807, 2.05) is 36.4 Å². The molecule has 0 amide bonds. The Bertz CT molecular complexity index is 634. The van der Waals surface area contributed by atoms with Gasteiger partial charge >= 0.3 is 0 Å². The molecule has 0 unspecified atom stereocenters. The first-order valence-corrected chi connectivity index (χ1v) is 5.98. The van der Waals surface area contributed by atoms with Crippen molar-refractivity contribution < 1.29 is 4.42 Å². The monoisotopic (exact) mass is 324 g/mol. The fourth-order valence-corrected chi connectivity index (χ4v) is 2.15. The molecule has 0 spiro atoms. The molecule has 0 bridgehead atoms. The highest BCUT2D eigenvalue weighted by atomic mass is 79.9. The van der Waals surface area contributed by atoms with Gasteiger partial charge in [0.05, 0.1) is 0 Å². The molecule has 3 aromatic rings. The fourth-order valence-electron chi connectivity index (χ4n) is 1.67. The zero-order valence-electron chi connectivity index (χ0n) is 9.26. The molecule has 0 fully saturated rings. The predicted molar refractivity (Wildman–Crippen MR) is 76.7 cm³/mol. The second-order valence-corrected chi connectivity index (χ2v) is 4.44. The fraction of sp³-hybridized carbons (Fsp3) is 0. The first kappa shape index (κ1) is 12.9. The Morgan fingerprint density at radius 3 is 2.56 bits per heavy atom. The standard InChI is InChI=1S/C13H9BrN2O.ClH/c14-10-4-2-1-3-9(10)11-5-6-12(17-11)13-15-7-8-16-13;/h1-8H,(H,15,16);1H. The van der Waals surface area contributed by atoms with Crippen LogP contribution < -0.4 is 0 Å². The van der Waals surface area contributed by atoms with Crippen molar-refractivity contribution >= 4 is 28.3 Å². The van der Waals surface area contributed by atoms with Crippen LogP contribution in [0.2, 0.25) is 0 Å². The first-order valence-electron chi connectivity index (χ1n) is 5.19. The SMILES string of the molecule is Brc1ccccc1-c1ccc(-c2ncc[nH]2)o1.Cl. The zero-order chi connectivity index (χ0) is 11.7. The number of H-pyrrole nitrogens is 1. The van der Waals surface area contributed by atoms with Gasteiger partial charge in [-0.1, -0.05) is 34.1 Å². The molecule has 3 nitrogen and oxygen atoms in total. The molecule has 0 radical (unpaired) electrons. The smallest absolute Gasteiger partial charge is 0.173 e. The number of hydrogen-bond acceptors (Lipinski definition) is 2. The number of hydrogen-bond donors (Lipinski definition) is 1. The molecule has 0 aliphatic rings. The maximum Gasteiger partial charge on any atom is 0.173 e. The maximum absolute atomic E-state index is 5.77. The third kappa shape index (κ3) is 2.35. The van der Waals surface area contributed by atoms with Crippen LogP contribution in [-0.2, 0) is 0 Å². The quantitative estimate of drug-likeness (QED) is 0.752. The van der Waals surface area contributed by atoms with Crippen LogP contribution in [0, 0.1) is 0 Å². The highest BCUT2D eigenvalue weighted by Gasteiger charge is 2.09. The van der Waals surface area contributed by atoms with Gasteiger partial charge in [-0.2, -0.15) is 0 Å². The van der Waals surface area contributed by atoms with Gasteiger partial charge < -0.3 is 9.40 Å². The van der Waals surface area contributed by atoms with Gasteiger partial charge in [-0.3, -0.25) is 0 Å². The van der Waals surface area contributed by atoms with Crippen LogP contribution in [0.25, 0.3) is 22.9 Å². The second-order valence-electron chi connectivity index (χ2n) is 3.58. The summed E-state index contributed by atoms with van der Waals surface area (Å²) in [5, 5.41) is 0. The summed E-state index contributed by atoms with van der Waals surface area (Å²) in [7, 11) is 0. The summed E-state index contributed by atoms with van der Waals surface area (Å²) >= 11 is 3.51. The zero-order valence-corrected chi connectivity index (χ0v) is 11.7. The van der Waals surface area contributed by atoms with Gasteiger partial charge in [0.1, 0.15) is 5.76 Å². The molecule has 18 heavy (non-hydrogen) atoms. The van der Waals surface area contributed by atoms with Crippen molar-refractivity contribution in [3.05, 3.63) is 53.3 Å². The van der Waals surface area contributed by atoms with Crippen molar-refractivity contribution in [2.75, 3.05) is 0 Å². The Balaban J connectivity index is 0.00000120. The molecule has 0 aliphatic heterocycles. The Kier molecular flexibility index (Phi) is 3.89. The summed E-state index contributed by atoms with van der Waals surface area (Å²) in [5.41, 5.74) is 1.03. The van der Waals surface area contributed by atoms with Crippen molar-refractivity contribution in [2.45, 2.75) is 0 Å². The van der Waals surface area contributed by atoms with Crippen molar-refractivity contribution in [1.29, 1.82) is 0 Å². The van der Waals surface area contributed by atoms with Crippen molar-refractivity contribution in [3.63, 3.8) is 0 Å². The molecule has 92 valence electrons. The third-order valence-corrected chi connectivity index (χ3v) is 3.17.